The second-order valence-corrected chi connectivity index (χ2v) is 7.72. The summed E-state index contributed by atoms with van der Waals surface area (Å²) < 4.78 is 0. The zero-order valence-corrected chi connectivity index (χ0v) is 16.7. The van der Waals surface area contributed by atoms with E-state index in [1.807, 2.05) is 36.5 Å². The molecule has 4 nitrogen and oxygen atoms in total. The maximum absolute atomic E-state index is 10.3. The molecule has 3 aromatic carbocycles. The van der Waals surface area contributed by atoms with E-state index in [2.05, 4.69) is 52.6 Å². The number of phenols is 1. The Labute approximate surface area is 175 Å². The maximum Gasteiger partial charge on any atom is 0.116 e. The van der Waals surface area contributed by atoms with Gasteiger partial charge in [0, 0.05) is 30.4 Å². The van der Waals surface area contributed by atoms with Gasteiger partial charge in [0.2, 0.25) is 0 Å². The molecule has 5 rings (SSSR count). The van der Waals surface area contributed by atoms with Crippen molar-refractivity contribution in [3.8, 4) is 16.9 Å². The fraction of sp³-hybridized carbons (Fsp3) is 0.115. The number of anilines is 1. The van der Waals surface area contributed by atoms with Crippen molar-refractivity contribution in [1.82, 2.24) is 9.88 Å². The first kappa shape index (κ1) is 18.3. The summed E-state index contributed by atoms with van der Waals surface area (Å²) in [6.45, 7) is 9.60. The normalized spacial score (nSPS) is 13.9. The summed E-state index contributed by atoms with van der Waals surface area (Å²) in [6.07, 6.45) is 3.63. The lowest BCUT2D eigenvalue weighted by atomic mass is 9.95. The first-order chi connectivity index (χ1) is 14.6. The Kier molecular flexibility index (Phi) is 4.40. The van der Waals surface area contributed by atoms with Crippen LogP contribution >= 0.6 is 0 Å². The fourth-order valence-corrected chi connectivity index (χ4v) is 4.20. The molecule has 2 N–H and O–H groups in total. The average Bonchev–Trinajstić information content (AvgIpc) is 2.74. The Hall–Kier alpha value is -3.79. The fourth-order valence-electron chi connectivity index (χ4n) is 4.20. The molecule has 1 aromatic heterocycles. The van der Waals surface area contributed by atoms with E-state index in [9.17, 15) is 5.11 Å². The van der Waals surface area contributed by atoms with Gasteiger partial charge in [0.1, 0.15) is 5.75 Å². The van der Waals surface area contributed by atoms with Crippen LogP contribution < -0.4 is 5.32 Å². The van der Waals surface area contributed by atoms with Crippen molar-refractivity contribution >= 4 is 27.4 Å². The minimum absolute atomic E-state index is 0.264. The molecule has 1 aliphatic heterocycles. The molecule has 0 bridgehead atoms. The van der Waals surface area contributed by atoms with Crippen molar-refractivity contribution in [2.24, 2.45) is 0 Å². The molecule has 0 unspecified atom stereocenters. The van der Waals surface area contributed by atoms with E-state index in [0.717, 1.165) is 57.3 Å². The third-order valence-corrected chi connectivity index (χ3v) is 5.79. The predicted octanol–water partition coefficient (Wildman–Crippen LogP) is 5.56. The molecule has 0 aliphatic carbocycles. The van der Waals surface area contributed by atoms with Crippen LogP contribution in [0.1, 0.15) is 0 Å². The van der Waals surface area contributed by atoms with E-state index < -0.39 is 0 Å². The van der Waals surface area contributed by atoms with E-state index in [1.54, 1.807) is 12.1 Å². The molecule has 4 aromatic rings. The number of benzene rings is 3. The summed E-state index contributed by atoms with van der Waals surface area (Å²) in [5, 5.41) is 17.1. The van der Waals surface area contributed by atoms with Gasteiger partial charge in [-0.15, -0.1) is 0 Å². The lowest BCUT2D eigenvalue weighted by molar-refractivity contribution is 0.222. The van der Waals surface area contributed by atoms with Crippen LogP contribution in [-0.2, 0) is 0 Å². The van der Waals surface area contributed by atoms with Crippen molar-refractivity contribution in [3.05, 3.63) is 91.8 Å². The number of pyridine rings is 1. The quantitative estimate of drug-likeness (QED) is 0.436. The summed E-state index contributed by atoms with van der Waals surface area (Å²) in [5.41, 5.74) is 4.98. The number of aromatic nitrogens is 1. The number of aromatic hydroxyl groups is 1. The van der Waals surface area contributed by atoms with Crippen LogP contribution in [0.3, 0.4) is 0 Å². The van der Waals surface area contributed by atoms with Crippen LogP contribution in [0.4, 0.5) is 5.69 Å². The van der Waals surface area contributed by atoms with Gasteiger partial charge in [0.05, 0.1) is 17.2 Å². The van der Waals surface area contributed by atoms with Crippen molar-refractivity contribution < 1.29 is 5.11 Å². The lowest BCUT2D eigenvalue weighted by Gasteiger charge is -2.42. The van der Waals surface area contributed by atoms with Crippen molar-refractivity contribution in [3.63, 3.8) is 0 Å². The standard InChI is InChI=1S/C26H23N3O/c1-3-17(2)29-15-19(16-29)28-25-10-6-9-23-22(11-12-27-26(23)25)24-14-20(30)13-18-7-4-5-8-21(18)24/h3-14,19,28,30H,1-2,15-16H2. The zero-order chi connectivity index (χ0) is 20.7. The molecule has 1 fully saturated rings. The van der Waals surface area contributed by atoms with Crippen molar-refractivity contribution in [2.45, 2.75) is 6.04 Å². The van der Waals surface area contributed by atoms with Gasteiger partial charge in [-0.2, -0.15) is 0 Å². The van der Waals surface area contributed by atoms with Gasteiger partial charge in [0.15, 0.2) is 0 Å². The molecule has 1 aliphatic rings. The van der Waals surface area contributed by atoms with Crippen LogP contribution in [0.25, 0.3) is 32.8 Å². The Balaban J connectivity index is 1.56. The van der Waals surface area contributed by atoms with Gasteiger partial charge in [0.25, 0.3) is 0 Å². The molecular formula is C26H23N3O. The van der Waals surface area contributed by atoms with Gasteiger partial charge in [-0.1, -0.05) is 49.6 Å². The molecule has 1 saturated heterocycles. The number of para-hydroxylation sites is 1. The molecule has 0 saturated carbocycles. The minimum Gasteiger partial charge on any atom is -0.508 e. The summed E-state index contributed by atoms with van der Waals surface area (Å²) in [4.78, 5) is 6.88. The number of hydrogen-bond donors (Lipinski definition) is 2. The zero-order valence-electron chi connectivity index (χ0n) is 16.7. The Bertz CT molecular complexity index is 1290. The third kappa shape index (κ3) is 3.07. The number of nitrogens with zero attached hydrogens (tertiary/aromatic N) is 2. The van der Waals surface area contributed by atoms with E-state index in [1.165, 1.54) is 0 Å². The first-order valence-corrected chi connectivity index (χ1v) is 10.1. The molecule has 0 amide bonds. The van der Waals surface area contributed by atoms with Crippen molar-refractivity contribution in [2.75, 3.05) is 18.4 Å². The minimum atomic E-state index is 0.264. The van der Waals surface area contributed by atoms with Gasteiger partial charge in [-0.05, 0) is 52.2 Å². The maximum atomic E-state index is 10.3. The van der Waals surface area contributed by atoms with Crippen LogP contribution in [0.5, 0.6) is 5.75 Å². The summed E-state index contributed by atoms with van der Waals surface area (Å²) in [6, 6.07) is 20.4. The number of hydrogen-bond acceptors (Lipinski definition) is 4. The Morgan fingerprint density at radius 2 is 1.83 bits per heavy atom. The second-order valence-electron chi connectivity index (χ2n) is 7.72. The molecule has 148 valence electrons. The topological polar surface area (TPSA) is 48.4 Å². The van der Waals surface area contributed by atoms with Crippen LogP contribution in [0.15, 0.2) is 91.8 Å². The number of allylic oxidation sites excluding steroid dienone is 1. The summed E-state index contributed by atoms with van der Waals surface area (Å²) >= 11 is 0. The summed E-state index contributed by atoms with van der Waals surface area (Å²) in [5.74, 6) is 0.264. The SMILES string of the molecule is C=CC(=C)N1CC(Nc2cccc3c(-c4cc(O)cc5ccccc45)ccnc23)C1. The molecule has 2 heterocycles. The average molecular weight is 393 g/mol. The lowest BCUT2D eigenvalue weighted by Crippen LogP contribution is -2.53. The molecule has 0 atom stereocenters. The van der Waals surface area contributed by atoms with E-state index in [-0.39, 0.29) is 5.75 Å². The van der Waals surface area contributed by atoms with E-state index in [0.29, 0.717) is 6.04 Å². The Morgan fingerprint density at radius 1 is 1.03 bits per heavy atom. The molecule has 4 heteroatoms. The van der Waals surface area contributed by atoms with Crippen LogP contribution in [0, 0.1) is 0 Å². The number of nitrogens with one attached hydrogen (secondary N) is 1. The van der Waals surface area contributed by atoms with E-state index >= 15 is 0 Å². The molecule has 0 spiro atoms. The van der Waals surface area contributed by atoms with Crippen molar-refractivity contribution in [1.29, 1.82) is 0 Å². The second kappa shape index (κ2) is 7.23. The summed E-state index contributed by atoms with van der Waals surface area (Å²) in [7, 11) is 0. The van der Waals surface area contributed by atoms with Crippen LogP contribution in [0.2, 0.25) is 0 Å². The molecule has 0 radical (unpaired) electrons. The van der Waals surface area contributed by atoms with E-state index in [4.69, 9.17) is 0 Å². The number of phenolic OH excluding ortho intramolecular Hbond substituents is 1. The third-order valence-electron chi connectivity index (χ3n) is 5.79. The Morgan fingerprint density at radius 3 is 2.67 bits per heavy atom. The monoisotopic (exact) mass is 393 g/mol. The highest BCUT2D eigenvalue weighted by molar-refractivity contribution is 6.07. The van der Waals surface area contributed by atoms with Gasteiger partial charge >= 0.3 is 0 Å². The smallest absolute Gasteiger partial charge is 0.116 e. The van der Waals surface area contributed by atoms with Crippen LogP contribution in [-0.4, -0.2) is 34.1 Å². The predicted molar refractivity (Wildman–Crippen MR) is 125 cm³/mol. The molecular weight excluding hydrogens is 370 g/mol. The van der Waals surface area contributed by atoms with Gasteiger partial charge < -0.3 is 15.3 Å². The van der Waals surface area contributed by atoms with Gasteiger partial charge in [-0.25, -0.2) is 0 Å². The number of fused-ring (bicyclic) bond motifs is 2. The largest absolute Gasteiger partial charge is 0.508 e. The molecule has 30 heavy (non-hydrogen) atoms. The highest BCUT2D eigenvalue weighted by atomic mass is 16.3. The first-order valence-electron chi connectivity index (χ1n) is 10.1. The number of likely N-dealkylation sites (tertiary alicyclic amines) is 1. The highest BCUT2D eigenvalue weighted by Gasteiger charge is 2.27. The number of rotatable bonds is 5. The highest BCUT2D eigenvalue weighted by Crippen LogP contribution is 2.37. The van der Waals surface area contributed by atoms with Gasteiger partial charge in [-0.3, -0.25) is 4.98 Å².